The predicted octanol–water partition coefficient (Wildman–Crippen LogP) is 3.94. The van der Waals surface area contributed by atoms with Gasteiger partial charge in [-0.25, -0.2) is 9.37 Å². The molecule has 1 fully saturated rings. The molecule has 2 heterocycles. The normalized spacial score (nSPS) is 15.0. The molecule has 0 unspecified atom stereocenters. The fourth-order valence-corrected chi connectivity index (χ4v) is 3.74. The zero-order valence-corrected chi connectivity index (χ0v) is 17.8. The van der Waals surface area contributed by atoms with E-state index in [0.29, 0.717) is 12.6 Å². The highest BCUT2D eigenvalue weighted by Gasteiger charge is 2.21. The number of aromatic nitrogens is 2. The minimum Gasteiger partial charge on any atom is -0.395 e. The molecule has 4 rings (SSSR count). The Balaban J connectivity index is 0.00000150. The van der Waals surface area contributed by atoms with Crippen LogP contribution in [0.1, 0.15) is 18.4 Å². The summed E-state index contributed by atoms with van der Waals surface area (Å²) < 4.78 is 15.4. The molecule has 0 amide bonds. The molecule has 0 bridgehead atoms. The Kier molecular flexibility index (Phi) is 8.71. The lowest BCUT2D eigenvalue weighted by Crippen LogP contribution is -2.40. The van der Waals surface area contributed by atoms with Crippen LogP contribution in [0.5, 0.6) is 0 Å². The van der Waals surface area contributed by atoms with Crippen LogP contribution in [0.2, 0.25) is 0 Å². The Morgan fingerprint density at radius 1 is 1.03 bits per heavy atom. The average Bonchev–Trinajstić information content (AvgIpc) is 3.02. The number of hydrogen-bond donors (Lipinski definition) is 2. The summed E-state index contributed by atoms with van der Waals surface area (Å²) in [4.78, 5) is 7.09. The first-order chi connectivity index (χ1) is 13.2. The number of aliphatic hydroxyl groups excluding tert-OH is 1. The van der Waals surface area contributed by atoms with Crippen LogP contribution < -0.4 is 5.32 Å². The van der Waals surface area contributed by atoms with E-state index in [1.165, 1.54) is 12.1 Å². The van der Waals surface area contributed by atoms with Crippen LogP contribution in [0.4, 0.5) is 10.3 Å². The Morgan fingerprint density at radius 2 is 1.72 bits per heavy atom. The number of rotatable bonds is 6. The van der Waals surface area contributed by atoms with E-state index in [0.717, 1.165) is 55.0 Å². The van der Waals surface area contributed by atoms with Gasteiger partial charge in [-0.1, -0.05) is 24.3 Å². The van der Waals surface area contributed by atoms with Crippen LogP contribution in [0.25, 0.3) is 11.0 Å². The first-order valence-corrected chi connectivity index (χ1v) is 9.52. The van der Waals surface area contributed by atoms with E-state index in [9.17, 15) is 4.39 Å². The lowest BCUT2D eigenvalue weighted by atomic mass is 10.1. The molecule has 8 heteroatoms. The summed E-state index contributed by atoms with van der Waals surface area (Å²) in [7, 11) is 0. The SMILES string of the molecule is Cl.Cl.OCCN1CCC(Nc2nc3ccccc3n2Cc2ccc(F)cc2)CC1. The second kappa shape index (κ2) is 10.8. The zero-order valence-electron chi connectivity index (χ0n) is 16.1. The van der Waals surface area contributed by atoms with Crippen LogP contribution in [0, 0.1) is 5.82 Å². The molecule has 1 saturated heterocycles. The molecule has 0 spiro atoms. The van der Waals surface area contributed by atoms with E-state index in [4.69, 9.17) is 10.1 Å². The van der Waals surface area contributed by atoms with E-state index >= 15 is 0 Å². The number of aliphatic hydroxyl groups is 1. The van der Waals surface area contributed by atoms with Crippen molar-refractivity contribution in [3.63, 3.8) is 0 Å². The summed E-state index contributed by atoms with van der Waals surface area (Å²) >= 11 is 0. The molecule has 2 N–H and O–H groups in total. The minimum absolute atomic E-state index is 0. The van der Waals surface area contributed by atoms with Gasteiger partial charge < -0.3 is 19.9 Å². The fourth-order valence-electron chi connectivity index (χ4n) is 3.74. The molecule has 0 atom stereocenters. The van der Waals surface area contributed by atoms with E-state index < -0.39 is 0 Å². The third-order valence-corrected chi connectivity index (χ3v) is 5.25. The van der Waals surface area contributed by atoms with Gasteiger partial charge in [-0.15, -0.1) is 24.8 Å². The number of β-amino-alcohol motifs (C(OH)–C–C–N with tert-alkyl or cyclic N) is 1. The van der Waals surface area contributed by atoms with Gasteiger partial charge >= 0.3 is 0 Å². The number of nitrogens with one attached hydrogen (secondary N) is 1. The summed E-state index contributed by atoms with van der Waals surface area (Å²) in [6.07, 6.45) is 2.06. The van der Waals surface area contributed by atoms with Crippen molar-refractivity contribution in [3.05, 3.63) is 59.9 Å². The quantitative estimate of drug-likeness (QED) is 0.609. The van der Waals surface area contributed by atoms with Crippen LogP contribution in [-0.4, -0.2) is 51.8 Å². The van der Waals surface area contributed by atoms with E-state index in [-0.39, 0.29) is 37.2 Å². The lowest BCUT2D eigenvalue weighted by Gasteiger charge is -2.32. The van der Waals surface area contributed by atoms with Crippen molar-refractivity contribution < 1.29 is 9.50 Å². The molecule has 1 aliphatic heterocycles. The van der Waals surface area contributed by atoms with Crippen LogP contribution >= 0.6 is 24.8 Å². The maximum atomic E-state index is 13.2. The average molecular weight is 441 g/mol. The molecule has 29 heavy (non-hydrogen) atoms. The van der Waals surface area contributed by atoms with Gasteiger partial charge in [0.05, 0.1) is 24.2 Å². The van der Waals surface area contributed by atoms with Crippen LogP contribution in [0.15, 0.2) is 48.5 Å². The van der Waals surface area contributed by atoms with Gasteiger partial charge in [0.2, 0.25) is 5.95 Å². The molecular formula is C21H27Cl2FN4O. The molecule has 0 radical (unpaired) electrons. The summed E-state index contributed by atoms with van der Waals surface area (Å²) in [6.45, 7) is 3.57. The van der Waals surface area contributed by atoms with Gasteiger partial charge in [0.15, 0.2) is 0 Å². The highest BCUT2D eigenvalue weighted by atomic mass is 35.5. The van der Waals surface area contributed by atoms with E-state index in [2.05, 4.69) is 20.9 Å². The molecule has 2 aromatic carbocycles. The summed E-state index contributed by atoms with van der Waals surface area (Å²) in [5.74, 6) is 0.642. The molecule has 3 aromatic rings. The zero-order chi connectivity index (χ0) is 18.6. The van der Waals surface area contributed by atoms with Crippen molar-refractivity contribution in [1.82, 2.24) is 14.5 Å². The highest BCUT2D eigenvalue weighted by Crippen LogP contribution is 2.24. The molecular weight excluding hydrogens is 414 g/mol. The van der Waals surface area contributed by atoms with Crippen LogP contribution in [-0.2, 0) is 6.54 Å². The maximum absolute atomic E-state index is 13.2. The van der Waals surface area contributed by atoms with E-state index in [1.807, 2.05) is 30.3 Å². The molecule has 0 aliphatic carbocycles. The first-order valence-electron chi connectivity index (χ1n) is 9.52. The van der Waals surface area contributed by atoms with Crippen molar-refractivity contribution in [2.75, 3.05) is 31.6 Å². The first kappa shape index (κ1) is 23.4. The largest absolute Gasteiger partial charge is 0.395 e. The number of nitrogens with zero attached hydrogens (tertiary/aromatic N) is 3. The molecule has 0 saturated carbocycles. The number of halogens is 3. The molecule has 1 aromatic heterocycles. The third kappa shape index (κ3) is 5.60. The Labute approximate surface area is 182 Å². The number of piperidine rings is 1. The standard InChI is InChI=1S/C21H25FN4O.2ClH/c22-17-7-5-16(6-8-17)15-26-20-4-2-1-3-19(20)24-21(26)23-18-9-11-25(12-10-18)13-14-27;;/h1-8,18,27H,9-15H2,(H,23,24);2*1H. The van der Waals surface area contributed by atoms with E-state index in [1.54, 1.807) is 0 Å². The molecule has 1 aliphatic rings. The molecule has 158 valence electrons. The smallest absolute Gasteiger partial charge is 0.204 e. The highest BCUT2D eigenvalue weighted by molar-refractivity contribution is 5.85. The van der Waals surface area contributed by atoms with Gasteiger partial charge in [-0.05, 0) is 42.7 Å². The van der Waals surface area contributed by atoms with Crippen molar-refractivity contribution in [2.24, 2.45) is 0 Å². The number of hydrogen-bond acceptors (Lipinski definition) is 4. The summed E-state index contributed by atoms with van der Waals surface area (Å²) in [5, 5.41) is 12.7. The number of likely N-dealkylation sites (tertiary alicyclic amines) is 1. The monoisotopic (exact) mass is 440 g/mol. The van der Waals surface area contributed by atoms with Gasteiger partial charge in [-0.3, -0.25) is 0 Å². The topological polar surface area (TPSA) is 53.3 Å². The van der Waals surface area contributed by atoms with Crippen LogP contribution in [0.3, 0.4) is 0 Å². The van der Waals surface area contributed by atoms with Crippen molar-refractivity contribution in [1.29, 1.82) is 0 Å². The van der Waals surface area contributed by atoms with Gasteiger partial charge in [-0.2, -0.15) is 0 Å². The second-order valence-electron chi connectivity index (χ2n) is 7.12. The number of fused-ring (bicyclic) bond motifs is 1. The van der Waals surface area contributed by atoms with Crippen molar-refractivity contribution in [2.45, 2.75) is 25.4 Å². The third-order valence-electron chi connectivity index (χ3n) is 5.25. The molecule has 5 nitrogen and oxygen atoms in total. The number of imidazole rings is 1. The van der Waals surface area contributed by atoms with Gasteiger partial charge in [0.1, 0.15) is 5.82 Å². The second-order valence-corrected chi connectivity index (χ2v) is 7.12. The number of anilines is 1. The fraction of sp³-hybridized carbons (Fsp3) is 0.381. The predicted molar refractivity (Wildman–Crippen MR) is 120 cm³/mol. The minimum atomic E-state index is -0.220. The number of para-hydroxylation sites is 2. The van der Waals surface area contributed by atoms with Crippen molar-refractivity contribution in [3.8, 4) is 0 Å². The maximum Gasteiger partial charge on any atom is 0.204 e. The lowest BCUT2D eigenvalue weighted by molar-refractivity contribution is 0.168. The van der Waals surface area contributed by atoms with Crippen molar-refractivity contribution >= 4 is 41.8 Å². The number of benzene rings is 2. The van der Waals surface area contributed by atoms with Gasteiger partial charge in [0, 0.05) is 25.7 Å². The van der Waals surface area contributed by atoms with Gasteiger partial charge in [0.25, 0.3) is 0 Å². The summed E-state index contributed by atoms with van der Waals surface area (Å²) in [6, 6.07) is 15.1. The Morgan fingerprint density at radius 3 is 2.41 bits per heavy atom. The Bertz CT molecular complexity index is 895. The summed E-state index contributed by atoms with van der Waals surface area (Å²) in [5.41, 5.74) is 3.07. The Hall–Kier alpha value is -1.86.